The number of nitrogens with one attached hydrogen (secondary N) is 1. The molecule has 0 spiro atoms. The smallest absolute Gasteiger partial charge is 0.240 e. The van der Waals surface area contributed by atoms with Gasteiger partial charge in [-0.15, -0.1) is 0 Å². The average molecular weight is 391 g/mol. The molecule has 0 atom stereocenters. The molecule has 144 valence electrons. The van der Waals surface area contributed by atoms with E-state index in [-0.39, 0.29) is 18.4 Å². The largest absolute Gasteiger partial charge is 0.497 e. The van der Waals surface area contributed by atoms with Crippen LogP contribution in [0.25, 0.3) is 0 Å². The van der Waals surface area contributed by atoms with Gasteiger partial charge in [0.2, 0.25) is 11.8 Å². The summed E-state index contributed by atoms with van der Waals surface area (Å²) in [4.78, 5) is 25.7. The van der Waals surface area contributed by atoms with Gasteiger partial charge in [-0.05, 0) is 42.3 Å². The summed E-state index contributed by atoms with van der Waals surface area (Å²) in [6.45, 7) is 1.72. The summed E-state index contributed by atoms with van der Waals surface area (Å²) < 4.78 is 10.5. The third-order valence-electron chi connectivity index (χ3n) is 3.98. The second kappa shape index (κ2) is 9.83. The van der Waals surface area contributed by atoms with Crippen molar-refractivity contribution in [2.24, 2.45) is 0 Å². The monoisotopic (exact) mass is 390 g/mol. The predicted octanol–water partition coefficient (Wildman–Crippen LogP) is 3.07. The molecule has 2 amide bonds. The summed E-state index contributed by atoms with van der Waals surface area (Å²) in [5.74, 6) is 0.696. The quantitative estimate of drug-likeness (QED) is 0.752. The molecule has 1 N–H and O–H groups in total. The first-order valence-electron chi connectivity index (χ1n) is 8.46. The molecular formula is C20H23ClN2O4. The summed E-state index contributed by atoms with van der Waals surface area (Å²) >= 11 is 6.03. The highest BCUT2D eigenvalue weighted by atomic mass is 35.5. The van der Waals surface area contributed by atoms with E-state index in [1.807, 2.05) is 24.3 Å². The SMILES string of the molecule is COc1cccc(CCNC(=O)CN(C(C)=O)c2cc(Cl)ccc2OC)c1. The van der Waals surface area contributed by atoms with Crippen LogP contribution in [0, 0.1) is 0 Å². The van der Waals surface area contributed by atoms with Crippen LogP contribution in [-0.2, 0) is 16.0 Å². The zero-order chi connectivity index (χ0) is 19.8. The zero-order valence-corrected chi connectivity index (χ0v) is 16.4. The number of amides is 2. The van der Waals surface area contributed by atoms with Gasteiger partial charge in [-0.2, -0.15) is 0 Å². The Morgan fingerprint density at radius 2 is 1.89 bits per heavy atom. The minimum Gasteiger partial charge on any atom is -0.497 e. The number of halogens is 1. The maximum absolute atomic E-state index is 12.3. The van der Waals surface area contributed by atoms with Crippen molar-refractivity contribution >= 4 is 29.1 Å². The van der Waals surface area contributed by atoms with Gasteiger partial charge in [-0.25, -0.2) is 0 Å². The van der Waals surface area contributed by atoms with E-state index in [1.54, 1.807) is 25.3 Å². The topological polar surface area (TPSA) is 67.9 Å². The molecule has 6 nitrogen and oxygen atoms in total. The number of carbonyl (C=O) groups is 2. The van der Waals surface area contributed by atoms with Gasteiger partial charge in [0.1, 0.15) is 18.0 Å². The first-order chi connectivity index (χ1) is 12.9. The zero-order valence-electron chi connectivity index (χ0n) is 15.6. The van der Waals surface area contributed by atoms with Gasteiger partial charge in [-0.1, -0.05) is 23.7 Å². The number of nitrogens with zero attached hydrogens (tertiary/aromatic N) is 1. The first-order valence-corrected chi connectivity index (χ1v) is 8.83. The Morgan fingerprint density at radius 1 is 1.11 bits per heavy atom. The van der Waals surface area contributed by atoms with E-state index in [0.717, 1.165) is 11.3 Å². The summed E-state index contributed by atoms with van der Waals surface area (Å²) in [7, 11) is 3.11. The lowest BCUT2D eigenvalue weighted by Gasteiger charge is -2.23. The van der Waals surface area contributed by atoms with E-state index in [9.17, 15) is 9.59 Å². The van der Waals surface area contributed by atoms with Crippen molar-refractivity contribution in [3.8, 4) is 11.5 Å². The third-order valence-corrected chi connectivity index (χ3v) is 4.22. The Hall–Kier alpha value is -2.73. The summed E-state index contributed by atoms with van der Waals surface area (Å²) in [5.41, 5.74) is 1.51. The maximum Gasteiger partial charge on any atom is 0.240 e. The molecule has 0 saturated heterocycles. The van der Waals surface area contributed by atoms with Crippen molar-refractivity contribution in [2.75, 3.05) is 32.2 Å². The fourth-order valence-electron chi connectivity index (χ4n) is 2.61. The van der Waals surface area contributed by atoms with E-state index >= 15 is 0 Å². The molecule has 0 aliphatic heterocycles. The molecule has 2 rings (SSSR count). The molecule has 2 aromatic carbocycles. The van der Waals surface area contributed by atoms with Gasteiger partial charge in [-0.3, -0.25) is 14.5 Å². The molecule has 2 aromatic rings. The van der Waals surface area contributed by atoms with Crippen LogP contribution in [0.1, 0.15) is 12.5 Å². The number of methoxy groups -OCH3 is 2. The van der Waals surface area contributed by atoms with Gasteiger partial charge in [0.05, 0.1) is 19.9 Å². The number of ether oxygens (including phenoxy) is 2. The number of anilines is 1. The standard InChI is InChI=1S/C20H23ClN2O4/c1-14(24)23(18-12-16(21)7-8-19(18)27-3)13-20(25)22-10-9-15-5-4-6-17(11-15)26-2/h4-8,11-12H,9-10,13H2,1-3H3,(H,22,25). The van der Waals surface area contributed by atoms with Crippen molar-refractivity contribution in [3.63, 3.8) is 0 Å². The molecule has 0 unspecified atom stereocenters. The number of carbonyl (C=O) groups excluding carboxylic acids is 2. The van der Waals surface area contributed by atoms with E-state index in [1.165, 1.54) is 18.9 Å². The average Bonchev–Trinajstić information content (AvgIpc) is 2.66. The van der Waals surface area contributed by atoms with Crippen molar-refractivity contribution in [1.82, 2.24) is 5.32 Å². The van der Waals surface area contributed by atoms with E-state index in [2.05, 4.69) is 5.32 Å². The van der Waals surface area contributed by atoms with Crippen molar-refractivity contribution in [3.05, 3.63) is 53.1 Å². The van der Waals surface area contributed by atoms with Crippen molar-refractivity contribution in [2.45, 2.75) is 13.3 Å². The number of rotatable bonds is 8. The summed E-state index contributed by atoms with van der Waals surface area (Å²) in [6, 6.07) is 12.6. The van der Waals surface area contributed by atoms with Gasteiger partial charge in [0, 0.05) is 18.5 Å². The Bertz CT molecular complexity index is 810. The molecule has 0 bridgehead atoms. The molecule has 7 heteroatoms. The second-order valence-corrected chi connectivity index (χ2v) is 6.31. The van der Waals surface area contributed by atoms with Crippen LogP contribution in [0.2, 0.25) is 5.02 Å². The lowest BCUT2D eigenvalue weighted by Crippen LogP contribution is -2.40. The molecule has 0 fully saturated rings. The van der Waals surface area contributed by atoms with Crippen LogP contribution in [0.15, 0.2) is 42.5 Å². The predicted molar refractivity (Wildman–Crippen MR) is 106 cm³/mol. The van der Waals surface area contributed by atoms with E-state index in [4.69, 9.17) is 21.1 Å². The highest BCUT2D eigenvalue weighted by molar-refractivity contribution is 6.31. The normalized spacial score (nSPS) is 10.2. The summed E-state index contributed by atoms with van der Waals surface area (Å²) in [6.07, 6.45) is 0.656. The highest BCUT2D eigenvalue weighted by Crippen LogP contribution is 2.31. The van der Waals surface area contributed by atoms with E-state index < -0.39 is 0 Å². The fourth-order valence-corrected chi connectivity index (χ4v) is 2.78. The van der Waals surface area contributed by atoms with Crippen LogP contribution in [0.5, 0.6) is 11.5 Å². The molecule has 0 heterocycles. The molecular weight excluding hydrogens is 368 g/mol. The van der Waals surface area contributed by atoms with Crippen LogP contribution >= 0.6 is 11.6 Å². The Balaban J connectivity index is 1.99. The number of benzene rings is 2. The van der Waals surface area contributed by atoms with Gasteiger partial charge in [0.25, 0.3) is 0 Å². The lowest BCUT2D eigenvalue weighted by molar-refractivity contribution is -0.123. The van der Waals surface area contributed by atoms with Crippen LogP contribution < -0.4 is 19.7 Å². The van der Waals surface area contributed by atoms with Crippen molar-refractivity contribution < 1.29 is 19.1 Å². The van der Waals surface area contributed by atoms with Crippen LogP contribution in [0.4, 0.5) is 5.69 Å². The Kier molecular flexibility index (Phi) is 7.49. The fraction of sp³-hybridized carbons (Fsp3) is 0.300. The second-order valence-electron chi connectivity index (χ2n) is 5.87. The molecule has 0 aliphatic rings. The molecule has 0 radical (unpaired) electrons. The van der Waals surface area contributed by atoms with Crippen LogP contribution in [0.3, 0.4) is 0 Å². The Morgan fingerprint density at radius 3 is 2.56 bits per heavy atom. The van der Waals surface area contributed by atoms with Crippen LogP contribution in [-0.4, -0.2) is 39.1 Å². The molecule has 27 heavy (non-hydrogen) atoms. The Labute approximate surface area is 164 Å². The molecule has 0 saturated carbocycles. The number of hydrogen-bond donors (Lipinski definition) is 1. The molecule has 0 aliphatic carbocycles. The van der Waals surface area contributed by atoms with Crippen molar-refractivity contribution in [1.29, 1.82) is 0 Å². The lowest BCUT2D eigenvalue weighted by atomic mass is 10.1. The number of hydrogen-bond acceptors (Lipinski definition) is 4. The van der Waals surface area contributed by atoms with E-state index in [0.29, 0.717) is 29.4 Å². The minimum atomic E-state index is -0.279. The van der Waals surface area contributed by atoms with Gasteiger partial charge in [0.15, 0.2) is 0 Å². The molecule has 0 aromatic heterocycles. The van der Waals surface area contributed by atoms with Gasteiger partial charge < -0.3 is 14.8 Å². The summed E-state index contributed by atoms with van der Waals surface area (Å²) in [5, 5.41) is 3.28. The highest BCUT2D eigenvalue weighted by Gasteiger charge is 2.19. The first kappa shape index (κ1) is 20.6. The maximum atomic E-state index is 12.3. The van der Waals surface area contributed by atoms with Gasteiger partial charge >= 0.3 is 0 Å². The third kappa shape index (κ3) is 5.89. The minimum absolute atomic E-state index is 0.121.